The number of piperazine rings is 1. The van der Waals surface area contributed by atoms with E-state index in [0.29, 0.717) is 18.9 Å². The molecule has 1 aliphatic rings. The largest absolute Gasteiger partial charge is 0.336 e. The second kappa shape index (κ2) is 7.32. The van der Waals surface area contributed by atoms with E-state index >= 15 is 0 Å². The van der Waals surface area contributed by atoms with Crippen LogP contribution in [0.3, 0.4) is 0 Å². The van der Waals surface area contributed by atoms with Crippen LogP contribution in [-0.4, -0.2) is 22.8 Å². The van der Waals surface area contributed by atoms with Crippen LogP contribution in [0.2, 0.25) is 0 Å². The minimum atomic E-state index is -1.04. The Kier molecular flexibility index (Phi) is 5.12. The third kappa shape index (κ3) is 3.50. The lowest BCUT2D eigenvalue weighted by atomic mass is 9.85. The zero-order chi connectivity index (χ0) is 18.7. The molecule has 1 fully saturated rings. The highest BCUT2D eigenvalue weighted by molar-refractivity contribution is 6.00. The number of amides is 2. The first-order valence-electron chi connectivity index (χ1n) is 9.14. The Morgan fingerprint density at radius 3 is 2.15 bits per heavy atom. The van der Waals surface area contributed by atoms with Crippen LogP contribution in [0.5, 0.6) is 0 Å². The molecular formula is C22H26N2O2. The second-order valence-electron chi connectivity index (χ2n) is 7.54. The summed E-state index contributed by atoms with van der Waals surface area (Å²) >= 11 is 0. The Labute approximate surface area is 155 Å². The van der Waals surface area contributed by atoms with E-state index in [1.807, 2.05) is 60.7 Å². The predicted molar refractivity (Wildman–Crippen MR) is 102 cm³/mol. The van der Waals surface area contributed by atoms with E-state index in [9.17, 15) is 9.59 Å². The Hall–Kier alpha value is -2.62. The summed E-state index contributed by atoms with van der Waals surface area (Å²) in [5.41, 5.74) is 0.791. The van der Waals surface area contributed by atoms with Crippen molar-refractivity contribution in [1.29, 1.82) is 0 Å². The number of carbonyl (C=O) groups is 2. The molecule has 2 aromatic carbocycles. The number of carbonyl (C=O) groups excluding carboxylic acids is 2. The molecule has 0 saturated carbocycles. The first-order valence-corrected chi connectivity index (χ1v) is 9.14. The van der Waals surface area contributed by atoms with Gasteiger partial charge in [-0.3, -0.25) is 9.59 Å². The van der Waals surface area contributed by atoms with Crippen molar-refractivity contribution in [2.75, 3.05) is 0 Å². The fourth-order valence-electron chi connectivity index (χ4n) is 3.56. The number of hydrogen-bond donors (Lipinski definition) is 1. The van der Waals surface area contributed by atoms with Crippen LogP contribution in [-0.2, 0) is 21.7 Å². The zero-order valence-electron chi connectivity index (χ0n) is 15.6. The SMILES string of the molecule is CC(C)CC1C(=O)NC(C)(c2ccccc2)C(=O)N1Cc1ccccc1. The Morgan fingerprint density at radius 2 is 1.58 bits per heavy atom. The van der Waals surface area contributed by atoms with Gasteiger partial charge in [0.15, 0.2) is 0 Å². The van der Waals surface area contributed by atoms with E-state index in [1.165, 1.54) is 0 Å². The molecule has 3 rings (SSSR count). The number of hydrogen-bond acceptors (Lipinski definition) is 2. The summed E-state index contributed by atoms with van der Waals surface area (Å²) in [5, 5.41) is 3.00. The van der Waals surface area contributed by atoms with E-state index in [0.717, 1.165) is 11.1 Å². The van der Waals surface area contributed by atoms with Crippen LogP contribution in [0.4, 0.5) is 0 Å². The normalized spacial score (nSPS) is 23.2. The van der Waals surface area contributed by atoms with E-state index in [1.54, 1.807) is 11.8 Å². The summed E-state index contributed by atoms with van der Waals surface area (Å²) in [4.78, 5) is 28.2. The quantitative estimate of drug-likeness (QED) is 0.897. The topological polar surface area (TPSA) is 49.4 Å². The van der Waals surface area contributed by atoms with Crippen molar-refractivity contribution in [3.8, 4) is 0 Å². The summed E-state index contributed by atoms with van der Waals surface area (Å²) in [6, 6.07) is 18.9. The Bertz CT molecular complexity index is 773. The fraction of sp³-hybridized carbons (Fsp3) is 0.364. The van der Waals surface area contributed by atoms with Crippen LogP contribution in [0.1, 0.15) is 38.3 Å². The fourth-order valence-corrected chi connectivity index (χ4v) is 3.56. The van der Waals surface area contributed by atoms with Gasteiger partial charge in [0.1, 0.15) is 11.6 Å². The van der Waals surface area contributed by atoms with Crippen molar-refractivity contribution in [1.82, 2.24) is 10.2 Å². The molecule has 4 heteroatoms. The number of nitrogens with zero attached hydrogens (tertiary/aromatic N) is 1. The highest BCUT2D eigenvalue weighted by Gasteiger charge is 2.48. The van der Waals surface area contributed by atoms with Crippen LogP contribution in [0.15, 0.2) is 60.7 Å². The standard InChI is InChI=1S/C22H26N2O2/c1-16(2)14-19-20(25)23-22(3,18-12-8-5-9-13-18)21(26)24(19)15-17-10-6-4-7-11-17/h4-13,16,19H,14-15H2,1-3H3,(H,23,25). The van der Waals surface area contributed by atoms with Crippen molar-refractivity contribution in [2.45, 2.75) is 45.3 Å². The maximum absolute atomic E-state index is 13.5. The highest BCUT2D eigenvalue weighted by Crippen LogP contribution is 2.31. The number of benzene rings is 2. The van der Waals surface area contributed by atoms with E-state index in [-0.39, 0.29) is 11.8 Å². The molecule has 1 N–H and O–H groups in total. The summed E-state index contributed by atoms with van der Waals surface area (Å²) in [6.45, 7) is 6.38. The van der Waals surface area contributed by atoms with Crippen LogP contribution in [0.25, 0.3) is 0 Å². The number of nitrogens with one attached hydrogen (secondary N) is 1. The van der Waals surface area contributed by atoms with Crippen LogP contribution < -0.4 is 5.32 Å². The Balaban J connectivity index is 1.99. The zero-order valence-corrected chi connectivity index (χ0v) is 15.6. The lowest BCUT2D eigenvalue weighted by molar-refractivity contribution is -0.156. The smallest absolute Gasteiger partial charge is 0.253 e. The molecule has 4 nitrogen and oxygen atoms in total. The molecule has 1 aliphatic heterocycles. The van der Waals surface area contributed by atoms with E-state index < -0.39 is 11.6 Å². The molecular weight excluding hydrogens is 324 g/mol. The maximum atomic E-state index is 13.5. The predicted octanol–water partition coefficient (Wildman–Crippen LogP) is 3.48. The molecule has 136 valence electrons. The van der Waals surface area contributed by atoms with E-state index in [2.05, 4.69) is 19.2 Å². The second-order valence-corrected chi connectivity index (χ2v) is 7.54. The van der Waals surface area contributed by atoms with Gasteiger partial charge in [-0.1, -0.05) is 74.5 Å². The average molecular weight is 350 g/mol. The van der Waals surface area contributed by atoms with Gasteiger partial charge in [0.05, 0.1) is 0 Å². The molecule has 1 heterocycles. The third-order valence-corrected chi connectivity index (χ3v) is 4.98. The molecule has 26 heavy (non-hydrogen) atoms. The van der Waals surface area contributed by atoms with Crippen molar-refractivity contribution in [3.63, 3.8) is 0 Å². The lowest BCUT2D eigenvalue weighted by Gasteiger charge is -2.45. The van der Waals surface area contributed by atoms with Gasteiger partial charge in [-0.2, -0.15) is 0 Å². The van der Waals surface area contributed by atoms with Gasteiger partial charge in [-0.05, 0) is 30.4 Å². The van der Waals surface area contributed by atoms with Crippen molar-refractivity contribution in [3.05, 3.63) is 71.8 Å². The molecule has 0 radical (unpaired) electrons. The molecule has 2 unspecified atom stereocenters. The van der Waals surface area contributed by atoms with Gasteiger partial charge in [-0.25, -0.2) is 0 Å². The molecule has 0 aliphatic carbocycles. The van der Waals surface area contributed by atoms with Gasteiger partial charge < -0.3 is 10.2 Å². The summed E-state index contributed by atoms with van der Waals surface area (Å²) in [6.07, 6.45) is 0.648. The highest BCUT2D eigenvalue weighted by atomic mass is 16.2. The Morgan fingerprint density at radius 1 is 1.00 bits per heavy atom. The monoisotopic (exact) mass is 350 g/mol. The minimum absolute atomic E-state index is 0.0576. The van der Waals surface area contributed by atoms with E-state index in [4.69, 9.17) is 0 Å². The minimum Gasteiger partial charge on any atom is -0.336 e. The first kappa shape index (κ1) is 18.2. The third-order valence-electron chi connectivity index (χ3n) is 4.98. The van der Waals surface area contributed by atoms with Crippen molar-refractivity contribution >= 4 is 11.8 Å². The molecule has 0 aromatic heterocycles. The molecule has 2 atom stereocenters. The average Bonchev–Trinajstić information content (AvgIpc) is 2.64. The van der Waals surface area contributed by atoms with Crippen molar-refractivity contribution in [2.24, 2.45) is 5.92 Å². The summed E-state index contributed by atoms with van der Waals surface area (Å²) in [7, 11) is 0. The van der Waals surface area contributed by atoms with Gasteiger partial charge in [0.2, 0.25) is 5.91 Å². The molecule has 0 spiro atoms. The van der Waals surface area contributed by atoms with Crippen molar-refractivity contribution < 1.29 is 9.59 Å². The van der Waals surface area contributed by atoms with Gasteiger partial charge in [0, 0.05) is 6.54 Å². The van der Waals surface area contributed by atoms with Gasteiger partial charge in [0.25, 0.3) is 5.91 Å². The van der Waals surface area contributed by atoms with Crippen LogP contribution >= 0.6 is 0 Å². The maximum Gasteiger partial charge on any atom is 0.253 e. The van der Waals surface area contributed by atoms with Crippen LogP contribution in [0, 0.1) is 5.92 Å². The molecule has 2 amide bonds. The lowest BCUT2D eigenvalue weighted by Crippen LogP contribution is -2.67. The molecule has 2 aromatic rings. The molecule has 1 saturated heterocycles. The molecule has 0 bridgehead atoms. The van der Waals surface area contributed by atoms with Gasteiger partial charge >= 0.3 is 0 Å². The van der Waals surface area contributed by atoms with Gasteiger partial charge in [-0.15, -0.1) is 0 Å². The summed E-state index contributed by atoms with van der Waals surface area (Å²) < 4.78 is 0. The first-order chi connectivity index (χ1) is 12.4. The summed E-state index contributed by atoms with van der Waals surface area (Å²) in [5.74, 6) is 0.177. The number of rotatable bonds is 5.